The zero-order valence-electron chi connectivity index (χ0n) is 13.7. The van der Waals surface area contributed by atoms with Crippen LogP contribution in [0.3, 0.4) is 0 Å². The van der Waals surface area contributed by atoms with Gasteiger partial charge in [-0.25, -0.2) is 4.98 Å². The third kappa shape index (κ3) is 2.62. The minimum atomic E-state index is -1.13. The second kappa shape index (κ2) is 6.23. The molecule has 0 spiro atoms. The molecule has 1 saturated heterocycles. The molecule has 0 bridgehead atoms. The molecule has 2 aliphatic heterocycles. The maximum Gasteiger partial charge on any atom is 0.222 e. The number of likely N-dealkylation sites (N-methyl/N-ethyl adjacent to an activating group) is 1. The van der Waals surface area contributed by atoms with Gasteiger partial charge in [0.25, 0.3) is 0 Å². The number of nitrogens with zero attached hydrogens (tertiary/aromatic N) is 3. The molecule has 4 rings (SSSR count). The van der Waals surface area contributed by atoms with Crippen LogP contribution in [-0.2, 0) is 17.6 Å². The standard InChI is InChI=1S/C17H21N5OS/c1-19-12-6-8-22(10-12)16-15-14(20-17(18)21-16)13-5-3-2-4-11(13)7-9-24(15)23/h2-5,12,19H,6-10H2,1H3,(H2,18,20,21)/t12-,24?/m1/s1. The van der Waals surface area contributed by atoms with Crippen molar-refractivity contribution in [2.45, 2.75) is 23.8 Å². The molecule has 1 aromatic carbocycles. The largest absolute Gasteiger partial charge is 0.611 e. The first-order chi connectivity index (χ1) is 11.7. The first-order valence-corrected chi connectivity index (χ1v) is 9.55. The Labute approximate surface area is 144 Å². The third-order valence-electron chi connectivity index (χ3n) is 4.82. The number of anilines is 2. The summed E-state index contributed by atoms with van der Waals surface area (Å²) in [5, 5.41) is 3.31. The van der Waals surface area contributed by atoms with Gasteiger partial charge in [-0.15, -0.1) is 0 Å². The van der Waals surface area contributed by atoms with Crippen molar-refractivity contribution in [1.82, 2.24) is 15.3 Å². The van der Waals surface area contributed by atoms with Crippen LogP contribution in [0.2, 0.25) is 0 Å². The first kappa shape index (κ1) is 15.7. The van der Waals surface area contributed by atoms with Gasteiger partial charge >= 0.3 is 0 Å². The lowest BCUT2D eigenvalue weighted by Crippen LogP contribution is -2.31. The van der Waals surface area contributed by atoms with Gasteiger partial charge in [0, 0.05) is 31.1 Å². The predicted molar refractivity (Wildman–Crippen MR) is 96.5 cm³/mol. The number of nitrogens with one attached hydrogen (secondary N) is 1. The van der Waals surface area contributed by atoms with Crippen molar-refractivity contribution in [2.24, 2.45) is 0 Å². The molecule has 1 unspecified atom stereocenters. The molecule has 0 radical (unpaired) electrons. The van der Waals surface area contributed by atoms with Crippen LogP contribution >= 0.6 is 0 Å². The Hall–Kier alpha value is -1.83. The van der Waals surface area contributed by atoms with Gasteiger partial charge in [-0.3, -0.25) is 0 Å². The van der Waals surface area contributed by atoms with Crippen LogP contribution in [0.5, 0.6) is 0 Å². The van der Waals surface area contributed by atoms with Crippen LogP contribution in [0.15, 0.2) is 29.2 Å². The van der Waals surface area contributed by atoms with E-state index >= 15 is 0 Å². The van der Waals surface area contributed by atoms with Crippen molar-refractivity contribution in [2.75, 3.05) is 36.5 Å². The first-order valence-electron chi connectivity index (χ1n) is 8.23. The highest BCUT2D eigenvalue weighted by atomic mass is 32.2. The number of benzene rings is 1. The van der Waals surface area contributed by atoms with Gasteiger partial charge in [-0.2, -0.15) is 4.98 Å². The number of rotatable bonds is 2. The monoisotopic (exact) mass is 343 g/mol. The van der Waals surface area contributed by atoms with Crippen molar-refractivity contribution < 1.29 is 4.55 Å². The average Bonchev–Trinajstić information content (AvgIpc) is 3.03. The highest BCUT2D eigenvalue weighted by Gasteiger charge is 2.34. The lowest BCUT2D eigenvalue weighted by atomic mass is 10.0. The fraction of sp³-hybridized carbons (Fsp3) is 0.412. The van der Waals surface area contributed by atoms with E-state index in [1.807, 2.05) is 25.2 Å². The summed E-state index contributed by atoms with van der Waals surface area (Å²) in [5.74, 6) is 1.57. The molecule has 1 aromatic heterocycles. The molecule has 2 atom stereocenters. The van der Waals surface area contributed by atoms with Crippen LogP contribution in [0.25, 0.3) is 11.3 Å². The molecule has 0 amide bonds. The molecule has 2 aliphatic rings. The summed E-state index contributed by atoms with van der Waals surface area (Å²) in [6, 6.07) is 8.53. The third-order valence-corrected chi connectivity index (χ3v) is 6.22. The Morgan fingerprint density at radius 2 is 2.17 bits per heavy atom. The Bertz CT molecular complexity index is 769. The molecule has 0 aliphatic carbocycles. The second-order valence-electron chi connectivity index (χ2n) is 6.26. The molecule has 2 aromatic rings. The Morgan fingerprint density at radius 3 is 2.96 bits per heavy atom. The number of nitrogens with two attached hydrogens (primary N) is 1. The number of aryl methyl sites for hydroxylation is 1. The summed E-state index contributed by atoms with van der Waals surface area (Å²) in [5.41, 5.74) is 8.94. The molecule has 0 saturated carbocycles. The van der Waals surface area contributed by atoms with E-state index in [0.29, 0.717) is 11.8 Å². The van der Waals surface area contributed by atoms with E-state index in [1.54, 1.807) is 0 Å². The van der Waals surface area contributed by atoms with Gasteiger partial charge < -0.3 is 20.5 Å². The number of nitrogen functional groups attached to an aromatic ring is 1. The van der Waals surface area contributed by atoms with Crippen LogP contribution in [0.1, 0.15) is 12.0 Å². The van der Waals surface area contributed by atoms with Crippen LogP contribution in [0.4, 0.5) is 11.8 Å². The average molecular weight is 343 g/mol. The molecule has 126 valence electrons. The SMILES string of the molecule is CN[C@@H]1CCN(c2nc(N)nc3c2[S+]([O-])CCc2ccccc2-3)C1. The van der Waals surface area contributed by atoms with Gasteiger partial charge in [0.1, 0.15) is 11.4 Å². The molecule has 3 heterocycles. The van der Waals surface area contributed by atoms with Gasteiger partial charge in [0.2, 0.25) is 10.8 Å². The van der Waals surface area contributed by atoms with E-state index in [-0.39, 0.29) is 5.95 Å². The van der Waals surface area contributed by atoms with Crippen LogP contribution < -0.4 is 16.0 Å². The van der Waals surface area contributed by atoms with Gasteiger partial charge in [0.15, 0.2) is 5.82 Å². The minimum Gasteiger partial charge on any atom is -0.611 e. The molecule has 24 heavy (non-hydrogen) atoms. The smallest absolute Gasteiger partial charge is 0.222 e. The number of hydrogen-bond donors (Lipinski definition) is 2. The summed E-state index contributed by atoms with van der Waals surface area (Å²) in [6.07, 6.45) is 1.82. The van der Waals surface area contributed by atoms with Crippen molar-refractivity contribution in [3.63, 3.8) is 0 Å². The predicted octanol–water partition coefficient (Wildman–Crippen LogP) is 1.19. The number of aromatic nitrogens is 2. The fourth-order valence-electron chi connectivity index (χ4n) is 3.52. The normalized spacial score (nSPS) is 22.8. The number of hydrogen-bond acceptors (Lipinski definition) is 6. The Kier molecular flexibility index (Phi) is 4.07. The molecule has 6 nitrogen and oxygen atoms in total. The number of fused-ring (bicyclic) bond motifs is 3. The van der Waals surface area contributed by atoms with Crippen LogP contribution in [-0.4, -0.2) is 46.5 Å². The summed E-state index contributed by atoms with van der Waals surface area (Å²) in [7, 11) is 1.97. The molecular formula is C17H21N5OS. The Morgan fingerprint density at radius 1 is 1.33 bits per heavy atom. The second-order valence-corrected chi connectivity index (χ2v) is 7.77. The fourth-order valence-corrected chi connectivity index (χ4v) is 4.88. The van der Waals surface area contributed by atoms with Crippen molar-refractivity contribution >= 4 is 22.9 Å². The van der Waals surface area contributed by atoms with Gasteiger partial charge in [-0.05, 0) is 30.2 Å². The highest BCUT2D eigenvalue weighted by Crippen LogP contribution is 2.39. The summed E-state index contributed by atoms with van der Waals surface area (Å²) in [6.45, 7) is 1.73. The maximum atomic E-state index is 13.0. The Balaban J connectivity index is 1.88. The lowest BCUT2D eigenvalue weighted by Gasteiger charge is -2.22. The van der Waals surface area contributed by atoms with E-state index in [2.05, 4.69) is 26.3 Å². The van der Waals surface area contributed by atoms with E-state index < -0.39 is 11.2 Å². The van der Waals surface area contributed by atoms with E-state index in [4.69, 9.17) is 5.73 Å². The summed E-state index contributed by atoms with van der Waals surface area (Å²) in [4.78, 5) is 11.9. The topological polar surface area (TPSA) is 90.1 Å². The van der Waals surface area contributed by atoms with Crippen molar-refractivity contribution in [3.8, 4) is 11.3 Å². The lowest BCUT2D eigenvalue weighted by molar-refractivity contribution is 0.593. The molecule has 1 fully saturated rings. The van der Waals surface area contributed by atoms with Crippen molar-refractivity contribution in [1.29, 1.82) is 0 Å². The van der Waals surface area contributed by atoms with E-state index in [0.717, 1.165) is 47.9 Å². The summed E-state index contributed by atoms with van der Waals surface area (Å²) < 4.78 is 13.0. The molecular weight excluding hydrogens is 322 g/mol. The van der Waals surface area contributed by atoms with E-state index in [9.17, 15) is 4.55 Å². The van der Waals surface area contributed by atoms with Gasteiger partial charge in [-0.1, -0.05) is 24.3 Å². The maximum absolute atomic E-state index is 13.0. The van der Waals surface area contributed by atoms with Crippen LogP contribution in [0, 0.1) is 0 Å². The quantitative estimate of drug-likeness (QED) is 0.796. The zero-order valence-corrected chi connectivity index (χ0v) is 14.5. The zero-order chi connectivity index (χ0) is 16.7. The molecule has 3 N–H and O–H groups in total. The highest BCUT2D eigenvalue weighted by molar-refractivity contribution is 7.91. The van der Waals surface area contributed by atoms with E-state index in [1.165, 1.54) is 5.56 Å². The van der Waals surface area contributed by atoms with Crippen molar-refractivity contribution in [3.05, 3.63) is 29.8 Å². The minimum absolute atomic E-state index is 0.241. The van der Waals surface area contributed by atoms with Gasteiger partial charge in [0.05, 0.1) is 0 Å². The molecule has 7 heteroatoms. The summed E-state index contributed by atoms with van der Waals surface area (Å²) >= 11 is -1.13.